The lowest BCUT2D eigenvalue weighted by Gasteiger charge is -2.11. The molecule has 8 rings (SSSR count). The van der Waals surface area contributed by atoms with Crippen molar-refractivity contribution in [1.82, 2.24) is 9.97 Å². The summed E-state index contributed by atoms with van der Waals surface area (Å²) in [7, 11) is 0. The maximum absolute atomic E-state index is 5.08. The maximum Gasteiger partial charge on any atom is 0.160 e. The highest BCUT2D eigenvalue weighted by atomic mass is 32.1. The Kier molecular flexibility index (Phi) is 5.68. The Bertz CT molecular complexity index is 2200. The first-order valence-corrected chi connectivity index (χ1v) is 14.6. The Morgan fingerprint density at radius 2 is 1.05 bits per heavy atom. The Labute approximate surface area is 242 Å². The molecule has 0 aliphatic carbocycles. The van der Waals surface area contributed by atoms with Gasteiger partial charge in [-0.25, -0.2) is 9.97 Å². The molecule has 0 atom stereocenters. The average molecular weight is 541 g/mol. The summed E-state index contributed by atoms with van der Waals surface area (Å²) >= 11 is 1.86. The largest absolute Gasteiger partial charge is 0.228 e. The van der Waals surface area contributed by atoms with E-state index >= 15 is 0 Å². The van der Waals surface area contributed by atoms with Crippen LogP contribution in [0.1, 0.15) is 0 Å². The SMILES string of the molecule is c1ccc(-c2cc(-c3ccc(-c4cccc5c4sc4ccccc45)cc3)nc(-c3ccc4ccccc4c3)n2)cc1. The van der Waals surface area contributed by atoms with E-state index in [9.17, 15) is 0 Å². The standard InChI is InChI=1S/C38H24N2S/c1-2-10-27(11-3-1)34-24-35(40-38(39-34)30-22-17-25-9-4-5-12-29(25)23-30)28-20-18-26(19-21-28)31-14-8-15-33-32-13-6-7-16-36(32)41-37(31)33/h1-24H. The van der Waals surface area contributed by atoms with Crippen LogP contribution >= 0.6 is 11.3 Å². The van der Waals surface area contributed by atoms with Crippen LogP contribution in [0.5, 0.6) is 0 Å². The van der Waals surface area contributed by atoms with Gasteiger partial charge in [-0.3, -0.25) is 0 Å². The fourth-order valence-corrected chi connectivity index (χ4v) is 6.84. The van der Waals surface area contributed by atoms with Gasteiger partial charge in [0.1, 0.15) is 0 Å². The van der Waals surface area contributed by atoms with Gasteiger partial charge in [0, 0.05) is 36.9 Å². The highest BCUT2D eigenvalue weighted by Gasteiger charge is 2.13. The van der Waals surface area contributed by atoms with Crippen molar-refractivity contribution >= 4 is 42.3 Å². The quantitative estimate of drug-likeness (QED) is 0.222. The third kappa shape index (κ3) is 4.28. The molecule has 41 heavy (non-hydrogen) atoms. The summed E-state index contributed by atoms with van der Waals surface area (Å²) in [5.74, 6) is 0.728. The minimum absolute atomic E-state index is 0.728. The van der Waals surface area contributed by atoms with E-state index in [0.29, 0.717) is 0 Å². The third-order valence-corrected chi connectivity index (χ3v) is 8.92. The maximum atomic E-state index is 5.08. The molecule has 3 heteroatoms. The molecule has 0 amide bonds. The minimum atomic E-state index is 0.728. The number of hydrogen-bond acceptors (Lipinski definition) is 3. The van der Waals surface area contributed by atoms with Crippen molar-refractivity contribution in [3.8, 4) is 45.0 Å². The Morgan fingerprint density at radius 3 is 1.88 bits per heavy atom. The Hall–Kier alpha value is -5.12. The number of thiophene rings is 1. The third-order valence-electron chi connectivity index (χ3n) is 7.70. The molecule has 0 bridgehead atoms. The van der Waals surface area contributed by atoms with Gasteiger partial charge in [0.05, 0.1) is 11.4 Å². The second-order valence-electron chi connectivity index (χ2n) is 10.2. The van der Waals surface area contributed by atoms with Crippen LogP contribution in [0.2, 0.25) is 0 Å². The van der Waals surface area contributed by atoms with Gasteiger partial charge in [-0.2, -0.15) is 0 Å². The summed E-state index contributed by atoms with van der Waals surface area (Å²) in [6, 6.07) is 51.4. The van der Waals surface area contributed by atoms with E-state index in [2.05, 4.69) is 140 Å². The van der Waals surface area contributed by atoms with Crippen LogP contribution in [0.3, 0.4) is 0 Å². The lowest BCUT2D eigenvalue weighted by molar-refractivity contribution is 1.18. The van der Waals surface area contributed by atoms with E-state index in [-0.39, 0.29) is 0 Å². The molecular formula is C38H24N2S. The van der Waals surface area contributed by atoms with Gasteiger partial charge in [-0.05, 0) is 40.1 Å². The van der Waals surface area contributed by atoms with Gasteiger partial charge in [-0.1, -0.05) is 127 Å². The first-order valence-electron chi connectivity index (χ1n) is 13.7. The summed E-state index contributed by atoms with van der Waals surface area (Å²) in [6.07, 6.45) is 0. The van der Waals surface area contributed by atoms with Crippen LogP contribution in [0.4, 0.5) is 0 Å². The van der Waals surface area contributed by atoms with E-state index in [1.54, 1.807) is 0 Å². The molecule has 0 aliphatic rings. The first-order chi connectivity index (χ1) is 20.3. The van der Waals surface area contributed by atoms with E-state index in [4.69, 9.17) is 9.97 Å². The number of hydrogen-bond donors (Lipinski definition) is 0. The number of rotatable bonds is 4. The highest BCUT2D eigenvalue weighted by Crippen LogP contribution is 2.40. The minimum Gasteiger partial charge on any atom is -0.228 e. The summed E-state index contributed by atoms with van der Waals surface area (Å²) in [5.41, 5.74) is 7.45. The van der Waals surface area contributed by atoms with Gasteiger partial charge in [0.25, 0.3) is 0 Å². The molecule has 0 radical (unpaired) electrons. The van der Waals surface area contributed by atoms with E-state index < -0.39 is 0 Å². The van der Waals surface area contributed by atoms with Crippen molar-refractivity contribution in [3.05, 3.63) is 146 Å². The van der Waals surface area contributed by atoms with Crippen molar-refractivity contribution in [1.29, 1.82) is 0 Å². The second kappa shape index (κ2) is 9.81. The highest BCUT2D eigenvalue weighted by molar-refractivity contribution is 7.26. The lowest BCUT2D eigenvalue weighted by atomic mass is 10.00. The first kappa shape index (κ1) is 23.7. The van der Waals surface area contributed by atoms with Crippen LogP contribution in [-0.4, -0.2) is 9.97 Å². The predicted octanol–water partition coefficient (Wildman–Crippen LogP) is 10.7. The molecule has 0 fully saturated rings. The van der Waals surface area contributed by atoms with Crippen molar-refractivity contribution in [3.63, 3.8) is 0 Å². The summed E-state index contributed by atoms with van der Waals surface area (Å²) in [4.78, 5) is 10.1. The predicted molar refractivity (Wildman–Crippen MR) is 174 cm³/mol. The average Bonchev–Trinajstić information content (AvgIpc) is 3.44. The summed E-state index contributed by atoms with van der Waals surface area (Å²) in [6.45, 7) is 0. The molecule has 0 saturated carbocycles. The van der Waals surface area contributed by atoms with Crippen molar-refractivity contribution in [2.24, 2.45) is 0 Å². The molecule has 8 aromatic rings. The van der Waals surface area contributed by atoms with Crippen molar-refractivity contribution in [2.75, 3.05) is 0 Å². The van der Waals surface area contributed by atoms with Gasteiger partial charge >= 0.3 is 0 Å². The molecule has 2 aromatic heterocycles. The number of nitrogens with zero attached hydrogens (tertiary/aromatic N) is 2. The van der Waals surface area contributed by atoms with E-state index in [1.807, 2.05) is 17.4 Å². The fourth-order valence-electron chi connectivity index (χ4n) is 5.60. The topological polar surface area (TPSA) is 25.8 Å². The molecule has 0 unspecified atom stereocenters. The van der Waals surface area contributed by atoms with E-state index in [0.717, 1.165) is 33.9 Å². The van der Waals surface area contributed by atoms with Crippen LogP contribution < -0.4 is 0 Å². The normalized spacial score (nSPS) is 11.4. The van der Waals surface area contributed by atoms with Crippen LogP contribution in [0, 0.1) is 0 Å². The monoisotopic (exact) mass is 540 g/mol. The number of benzene rings is 6. The number of aromatic nitrogens is 2. The molecule has 6 aromatic carbocycles. The van der Waals surface area contributed by atoms with Gasteiger partial charge < -0.3 is 0 Å². The molecule has 0 N–H and O–H groups in total. The zero-order valence-corrected chi connectivity index (χ0v) is 23.0. The van der Waals surface area contributed by atoms with Crippen molar-refractivity contribution < 1.29 is 0 Å². The summed E-state index contributed by atoms with van der Waals surface area (Å²) < 4.78 is 2.65. The zero-order chi connectivity index (χ0) is 27.2. The van der Waals surface area contributed by atoms with Crippen LogP contribution in [-0.2, 0) is 0 Å². The number of fused-ring (bicyclic) bond motifs is 4. The lowest BCUT2D eigenvalue weighted by Crippen LogP contribution is -1.96. The Balaban J connectivity index is 1.24. The summed E-state index contributed by atoms with van der Waals surface area (Å²) in [5, 5.41) is 5.03. The Morgan fingerprint density at radius 1 is 0.415 bits per heavy atom. The zero-order valence-electron chi connectivity index (χ0n) is 22.2. The van der Waals surface area contributed by atoms with Crippen LogP contribution in [0.15, 0.2) is 146 Å². The fraction of sp³-hybridized carbons (Fsp3) is 0. The van der Waals surface area contributed by atoms with Crippen molar-refractivity contribution in [2.45, 2.75) is 0 Å². The van der Waals surface area contributed by atoms with Gasteiger partial charge in [0.2, 0.25) is 0 Å². The molecule has 0 aliphatic heterocycles. The smallest absolute Gasteiger partial charge is 0.160 e. The second-order valence-corrected chi connectivity index (χ2v) is 11.3. The molecule has 2 heterocycles. The molecule has 0 saturated heterocycles. The van der Waals surface area contributed by atoms with E-state index in [1.165, 1.54) is 42.1 Å². The molecule has 192 valence electrons. The van der Waals surface area contributed by atoms with Gasteiger partial charge in [0.15, 0.2) is 5.82 Å². The molecule has 2 nitrogen and oxygen atoms in total. The van der Waals surface area contributed by atoms with Crippen LogP contribution in [0.25, 0.3) is 76.0 Å². The van der Waals surface area contributed by atoms with Gasteiger partial charge in [-0.15, -0.1) is 11.3 Å². The molecular weight excluding hydrogens is 516 g/mol. The molecule has 0 spiro atoms.